The van der Waals surface area contributed by atoms with Crippen molar-refractivity contribution < 1.29 is 23.6 Å². The summed E-state index contributed by atoms with van der Waals surface area (Å²) >= 11 is 11.1. The molecule has 0 spiro atoms. The van der Waals surface area contributed by atoms with Crippen molar-refractivity contribution in [3.05, 3.63) is 0 Å². The third kappa shape index (κ3) is 16.3. The molecule has 0 rings (SSSR count). The summed E-state index contributed by atoms with van der Waals surface area (Å²) in [4.78, 5) is 34.0. The number of unbranched alkanes of at least 4 members (excludes halogenated alkanes) is 15. The maximum Gasteiger partial charge on any atom is 0.424 e. The molecule has 0 aliphatic heterocycles. The topological polar surface area (TPSA) is 99.2 Å². The minimum atomic E-state index is -4.34. The van der Waals surface area contributed by atoms with Gasteiger partial charge >= 0.3 is 7.75 Å². The lowest BCUT2D eigenvalue weighted by molar-refractivity contribution is -0.153. The van der Waals surface area contributed by atoms with Crippen molar-refractivity contribution in [2.24, 2.45) is 0 Å². The second-order valence-electron chi connectivity index (χ2n) is 8.58. The SMILES string of the molecule is CCCCCCCCCCCCCCCCCCN(N(NC(=O)CCl)C(=O)CCl)P(=O)(O)OC. The standard InChI is InChI=1S/C23H46Cl2N3O5P/c1-3-4-5-6-7-8-9-10-11-12-13-14-15-16-17-18-19-27(34(31,32)33-2)28(23(30)21-25)26-22(29)20-24/h3-21H2,1-2H3,(H,26,29)(H,31,32). The van der Waals surface area contributed by atoms with Crippen LogP contribution in [0, 0.1) is 0 Å². The lowest BCUT2D eigenvalue weighted by atomic mass is 10.0. The van der Waals surface area contributed by atoms with Crippen LogP contribution >= 0.6 is 30.9 Å². The Hall–Kier alpha value is -0.370. The van der Waals surface area contributed by atoms with Crippen molar-refractivity contribution >= 4 is 42.8 Å². The van der Waals surface area contributed by atoms with Crippen LogP contribution in [0.15, 0.2) is 0 Å². The highest BCUT2D eigenvalue weighted by Crippen LogP contribution is 2.46. The molecule has 0 fully saturated rings. The number of carbonyl (C=O) groups excluding carboxylic acids is 2. The molecule has 0 aliphatic carbocycles. The van der Waals surface area contributed by atoms with Crippen LogP contribution in [0.1, 0.15) is 110 Å². The van der Waals surface area contributed by atoms with E-state index in [-0.39, 0.29) is 6.54 Å². The number of carbonyl (C=O) groups is 2. The fourth-order valence-electron chi connectivity index (χ4n) is 3.69. The number of hydrogen-bond donors (Lipinski definition) is 2. The molecule has 1 unspecified atom stereocenters. The number of halogens is 2. The van der Waals surface area contributed by atoms with E-state index in [1.165, 1.54) is 77.0 Å². The van der Waals surface area contributed by atoms with Crippen molar-refractivity contribution in [2.75, 3.05) is 25.4 Å². The van der Waals surface area contributed by atoms with Crippen molar-refractivity contribution in [1.29, 1.82) is 0 Å². The summed E-state index contributed by atoms with van der Waals surface area (Å²) in [6, 6.07) is 0. The fourth-order valence-corrected chi connectivity index (χ4v) is 4.81. The van der Waals surface area contributed by atoms with Crippen LogP contribution in [-0.4, -0.2) is 52.0 Å². The maximum absolute atomic E-state index is 12.4. The van der Waals surface area contributed by atoms with Crippen LogP contribution in [0.2, 0.25) is 0 Å². The fraction of sp³-hybridized carbons (Fsp3) is 0.913. The number of nitrogens with zero attached hydrogens (tertiary/aromatic N) is 2. The molecule has 0 aromatic carbocycles. The van der Waals surface area contributed by atoms with Gasteiger partial charge in [0.2, 0.25) is 0 Å². The number of alkyl halides is 2. The van der Waals surface area contributed by atoms with Gasteiger partial charge in [0.1, 0.15) is 11.8 Å². The van der Waals surface area contributed by atoms with Crippen LogP contribution in [-0.2, 0) is 18.7 Å². The molecule has 0 saturated heterocycles. The van der Waals surface area contributed by atoms with Gasteiger partial charge in [0.05, 0.1) is 0 Å². The van der Waals surface area contributed by atoms with Gasteiger partial charge in [-0.3, -0.25) is 14.1 Å². The average molecular weight is 547 g/mol. The lowest BCUT2D eigenvalue weighted by Gasteiger charge is -2.35. The van der Waals surface area contributed by atoms with Crippen LogP contribution in [0.3, 0.4) is 0 Å². The highest BCUT2D eigenvalue weighted by Gasteiger charge is 2.37. The first kappa shape index (κ1) is 33.6. The summed E-state index contributed by atoms with van der Waals surface area (Å²) in [5.74, 6) is -2.36. The molecule has 0 heterocycles. The van der Waals surface area contributed by atoms with E-state index < -0.39 is 31.3 Å². The number of hydrogen-bond acceptors (Lipinski definition) is 4. The summed E-state index contributed by atoms with van der Waals surface area (Å²) in [6.07, 6.45) is 19.4. The third-order valence-electron chi connectivity index (χ3n) is 5.67. The maximum atomic E-state index is 12.4. The second kappa shape index (κ2) is 21.9. The van der Waals surface area contributed by atoms with Crippen molar-refractivity contribution in [3.63, 3.8) is 0 Å². The Morgan fingerprint density at radius 1 is 0.794 bits per heavy atom. The molecule has 0 radical (unpaired) electrons. The minimum Gasteiger partial charge on any atom is -0.311 e. The van der Waals surface area contributed by atoms with E-state index >= 15 is 0 Å². The van der Waals surface area contributed by atoms with Crippen LogP contribution < -0.4 is 5.43 Å². The molecule has 0 saturated carbocycles. The molecule has 0 aromatic rings. The highest BCUT2D eigenvalue weighted by atomic mass is 35.5. The highest BCUT2D eigenvalue weighted by molar-refractivity contribution is 7.50. The van der Waals surface area contributed by atoms with E-state index in [2.05, 4.69) is 16.9 Å². The van der Waals surface area contributed by atoms with Gasteiger partial charge in [-0.05, 0) is 6.42 Å². The van der Waals surface area contributed by atoms with E-state index in [0.29, 0.717) is 11.5 Å². The normalized spacial score (nSPS) is 13.1. The smallest absolute Gasteiger partial charge is 0.311 e. The van der Waals surface area contributed by atoms with E-state index in [1.54, 1.807) is 0 Å². The predicted molar refractivity (Wildman–Crippen MR) is 140 cm³/mol. The molecule has 0 bridgehead atoms. The first-order valence-corrected chi connectivity index (χ1v) is 15.3. The van der Waals surface area contributed by atoms with Gasteiger partial charge in [0.25, 0.3) is 11.8 Å². The first-order chi connectivity index (χ1) is 16.3. The van der Waals surface area contributed by atoms with E-state index in [9.17, 15) is 19.0 Å². The lowest BCUT2D eigenvalue weighted by Crippen LogP contribution is -2.56. The zero-order valence-corrected chi connectivity index (χ0v) is 23.5. The van der Waals surface area contributed by atoms with Gasteiger partial charge in [-0.2, -0.15) is 5.12 Å². The Morgan fingerprint density at radius 3 is 1.56 bits per heavy atom. The van der Waals surface area contributed by atoms with E-state index in [4.69, 9.17) is 23.2 Å². The minimum absolute atomic E-state index is 0.0469. The quantitative estimate of drug-likeness (QED) is 0.0692. The van der Waals surface area contributed by atoms with Gasteiger partial charge in [0.15, 0.2) is 0 Å². The van der Waals surface area contributed by atoms with Crippen molar-refractivity contribution in [1.82, 2.24) is 15.3 Å². The Kier molecular flexibility index (Phi) is 21.6. The van der Waals surface area contributed by atoms with Gasteiger partial charge in [0, 0.05) is 13.7 Å². The van der Waals surface area contributed by atoms with Gasteiger partial charge in [-0.15, -0.1) is 23.2 Å². The third-order valence-corrected chi connectivity index (χ3v) is 7.58. The monoisotopic (exact) mass is 545 g/mol. The summed E-state index contributed by atoms with van der Waals surface area (Å²) in [5, 5.41) is 0.646. The average Bonchev–Trinajstić information content (AvgIpc) is 2.84. The van der Waals surface area contributed by atoms with E-state index in [0.717, 1.165) is 31.2 Å². The summed E-state index contributed by atoms with van der Waals surface area (Å²) in [5.41, 5.74) is 2.20. The summed E-state index contributed by atoms with van der Waals surface area (Å²) < 4.78 is 18.0. The van der Waals surface area contributed by atoms with E-state index in [1.807, 2.05) is 0 Å². The molecule has 11 heteroatoms. The molecule has 1 atom stereocenters. The zero-order valence-electron chi connectivity index (χ0n) is 21.1. The van der Waals surface area contributed by atoms with Gasteiger partial charge < -0.3 is 4.89 Å². The summed E-state index contributed by atoms with van der Waals surface area (Å²) in [6.45, 7) is 2.30. The molecule has 34 heavy (non-hydrogen) atoms. The molecule has 0 aromatic heterocycles. The largest absolute Gasteiger partial charge is 0.424 e. The molecule has 8 nitrogen and oxygen atoms in total. The van der Waals surface area contributed by atoms with Gasteiger partial charge in [-0.1, -0.05) is 108 Å². The van der Waals surface area contributed by atoms with Crippen LogP contribution in [0.25, 0.3) is 0 Å². The Labute approximate surface area is 216 Å². The molecule has 0 aliphatic rings. The van der Waals surface area contributed by atoms with Crippen LogP contribution in [0.4, 0.5) is 0 Å². The molecule has 2 amide bonds. The first-order valence-electron chi connectivity index (χ1n) is 12.7. The Morgan fingerprint density at radius 2 is 1.21 bits per heavy atom. The number of amides is 2. The Balaban J connectivity index is 4.11. The van der Waals surface area contributed by atoms with Crippen molar-refractivity contribution in [3.8, 4) is 0 Å². The van der Waals surface area contributed by atoms with Crippen molar-refractivity contribution in [2.45, 2.75) is 110 Å². The zero-order chi connectivity index (χ0) is 25.7. The molecular formula is C23H46Cl2N3O5P. The number of hydrazine groups is 2. The molecule has 202 valence electrons. The summed E-state index contributed by atoms with van der Waals surface area (Å²) in [7, 11) is -3.28. The predicted octanol–water partition coefficient (Wildman–Crippen LogP) is 6.55. The Bertz CT molecular complexity index is 587. The number of nitrogens with one attached hydrogen (secondary N) is 1. The number of rotatable bonds is 22. The molecular weight excluding hydrogens is 500 g/mol. The van der Waals surface area contributed by atoms with Crippen LogP contribution in [0.5, 0.6) is 0 Å². The molecule has 2 N–H and O–H groups in total. The van der Waals surface area contributed by atoms with Gasteiger partial charge in [-0.25, -0.2) is 9.99 Å². The second-order valence-corrected chi connectivity index (χ2v) is 10.9.